The second-order valence-corrected chi connectivity index (χ2v) is 10.3. The smallest absolute Gasteiger partial charge is 0.0200 e. The highest BCUT2D eigenvalue weighted by Gasteiger charge is 2.28. The van der Waals surface area contributed by atoms with Crippen LogP contribution in [0.25, 0.3) is 0 Å². The van der Waals surface area contributed by atoms with Crippen LogP contribution in [0.4, 0.5) is 0 Å². The molecule has 2 heterocycles. The average molecular weight is 338 g/mol. The van der Waals surface area contributed by atoms with Crippen LogP contribution in [0, 0.1) is 10.8 Å². The van der Waals surface area contributed by atoms with Crippen molar-refractivity contribution in [1.82, 2.24) is 15.1 Å². The van der Waals surface area contributed by atoms with Gasteiger partial charge in [0.2, 0.25) is 0 Å². The molecule has 0 radical (unpaired) electrons. The summed E-state index contributed by atoms with van der Waals surface area (Å²) in [4.78, 5) is 5.38. The first-order chi connectivity index (χ1) is 11.2. The molecular weight excluding hydrogens is 294 g/mol. The van der Waals surface area contributed by atoms with Crippen molar-refractivity contribution in [1.29, 1.82) is 0 Å². The fraction of sp³-hybridized carbons (Fsp3) is 1.00. The molecule has 0 amide bonds. The van der Waals surface area contributed by atoms with Gasteiger partial charge >= 0.3 is 0 Å². The largest absolute Gasteiger partial charge is 0.311 e. The molecule has 0 aromatic rings. The van der Waals surface area contributed by atoms with Crippen LogP contribution >= 0.6 is 0 Å². The highest BCUT2D eigenvalue weighted by molar-refractivity contribution is 4.85. The number of piperazine rings is 1. The van der Waals surface area contributed by atoms with Gasteiger partial charge in [-0.15, -0.1) is 0 Å². The van der Waals surface area contributed by atoms with E-state index in [1.807, 2.05) is 0 Å². The minimum Gasteiger partial charge on any atom is -0.311 e. The normalized spacial score (nSPS) is 25.1. The predicted octanol–water partition coefficient (Wildman–Crippen LogP) is 3.99. The van der Waals surface area contributed by atoms with Gasteiger partial charge in [0, 0.05) is 25.7 Å². The van der Waals surface area contributed by atoms with Crippen molar-refractivity contribution >= 4 is 0 Å². The molecule has 2 rings (SSSR count). The van der Waals surface area contributed by atoms with E-state index >= 15 is 0 Å². The standard InChI is InChI=1S/C21H43N3/c1-20(2,3)9-14-24-16-11-22-19(18-24)17-21(4,5)10-15-23-12-7-6-8-13-23/h19,22H,6-18H2,1-5H3. The van der Waals surface area contributed by atoms with E-state index in [-0.39, 0.29) is 0 Å². The molecule has 0 aromatic carbocycles. The maximum absolute atomic E-state index is 3.79. The molecule has 1 atom stereocenters. The first-order valence-corrected chi connectivity index (χ1v) is 10.4. The Balaban J connectivity index is 1.71. The second-order valence-electron chi connectivity index (χ2n) is 10.3. The Bertz CT molecular complexity index is 353. The lowest BCUT2D eigenvalue weighted by Crippen LogP contribution is -2.52. The third-order valence-electron chi connectivity index (χ3n) is 5.87. The molecule has 3 nitrogen and oxygen atoms in total. The van der Waals surface area contributed by atoms with Gasteiger partial charge in [0.1, 0.15) is 0 Å². The van der Waals surface area contributed by atoms with Gasteiger partial charge in [0.05, 0.1) is 0 Å². The Labute approximate surface area is 151 Å². The van der Waals surface area contributed by atoms with Crippen molar-refractivity contribution < 1.29 is 0 Å². The molecule has 2 saturated heterocycles. The maximum Gasteiger partial charge on any atom is 0.0200 e. The van der Waals surface area contributed by atoms with Crippen molar-refractivity contribution in [2.75, 3.05) is 45.8 Å². The van der Waals surface area contributed by atoms with Crippen molar-refractivity contribution in [2.24, 2.45) is 10.8 Å². The Hall–Kier alpha value is -0.120. The molecule has 0 bridgehead atoms. The Morgan fingerprint density at radius 1 is 0.833 bits per heavy atom. The third-order valence-corrected chi connectivity index (χ3v) is 5.87. The number of rotatable bonds is 7. The van der Waals surface area contributed by atoms with E-state index in [4.69, 9.17) is 0 Å². The van der Waals surface area contributed by atoms with Gasteiger partial charge in [-0.2, -0.15) is 0 Å². The fourth-order valence-corrected chi connectivity index (χ4v) is 4.14. The number of likely N-dealkylation sites (tertiary alicyclic amines) is 1. The van der Waals surface area contributed by atoms with Gasteiger partial charge in [0.25, 0.3) is 0 Å². The van der Waals surface area contributed by atoms with Gasteiger partial charge in [-0.1, -0.05) is 41.0 Å². The summed E-state index contributed by atoms with van der Waals surface area (Å²) in [7, 11) is 0. The van der Waals surface area contributed by atoms with Gasteiger partial charge in [-0.25, -0.2) is 0 Å². The number of nitrogens with zero attached hydrogens (tertiary/aromatic N) is 2. The lowest BCUT2D eigenvalue weighted by atomic mass is 9.81. The molecule has 1 N–H and O–H groups in total. The Kier molecular flexibility index (Phi) is 7.58. The molecule has 2 aliphatic rings. The van der Waals surface area contributed by atoms with E-state index in [1.54, 1.807) is 0 Å². The SMILES string of the molecule is CC(C)(C)CCN1CCNC(CC(C)(C)CCN2CCCCC2)C1. The molecule has 0 aliphatic carbocycles. The van der Waals surface area contributed by atoms with Gasteiger partial charge in [-0.3, -0.25) is 0 Å². The molecule has 1 unspecified atom stereocenters. The molecule has 0 saturated carbocycles. The van der Waals surface area contributed by atoms with Crippen molar-refractivity contribution in [3.8, 4) is 0 Å². The van der Waals surface area contributed by atoms with E-state index < -0.39 is 0 Å². The number of nitrogens with one attached hydrogen (secondary N) is 1. The molecule has 2 aliphatic heterocycles. The molecule has 0 spiro atoms. The van der Waals surface area contributed by atoms with E-state index in [9.17, 15) is 0 Å². The Morgan fingerprint density at radius 2 is 1.50 bits per heavy atom. The zero-order valence-electron chi connectivity index (χ0n) is 17.2. The van der Waals surface area contributed by atoms with Crippen LogP contribution < -0.4 is 5.32 Å². The summed E-state index contributed by atoms with van der Waals surface area (Å²) in [5, 5.41) is 3.79. The quantitative estimate of drug-likeness (QED) is 0.758. The molecule has 24 heavy (non-hydrogen) atoms. The summed E-state index contributed by atoms with van der Waals surface area (Å²) in [6.45, 7) is 20.9. The summed E-state index contributed by atoms with van der Waals surface area (Å²) >= 11 is 0. The third kappa shape index (κ3) is 7.84. The highest BCUT2D eigenvalue weighted by atomic mass is 15.2. The summed E-state index contributed by atoms with van der Waals surface area (Å²) in [6.07, 6.45) is 8.22. The van der Waals surface area contributed by atoms with E-state index in [2.05, 4.69) is 49.7 Å². The monoisotopic (exact) mass is 337 g/mol. The minimum atomic E-state index is 0.447. The van der Waals surface area contributed by atoms with Gasteiger partial charge in [0.15, 0.2) is 0 Å². The summed E-state index contributed by atoms with van der Waals surface area (Å²) < 4.78 is 0. The highest BCUT2D eigenvalue weighted by Crippen LogP contribution is 2.29. The first-order valence-electron chi connectivity index (χ1n) is 10.4. The van der Waals surface area contributed by atoms with Crippen LogP contribution in [-0.4, -0.2) is 61.7 Å². The molecule has 2 fully saturated rings. The maximum atomic E-state index is 3.79. The zero-order chi connectivity index (χ0) is 17.6. The Morgan fingerprint density at radius 3 is 2.17 bits per heavy atom. The van der Waals surface area contributed by atoms with Gasteiger partial charge in [-0.05, 0) is 69.1 Å². The van der Waals surface area contributed by atoms with E-state index in [0.717, 1.165) is 6.54 Å². The van der Waals surface area contributed by atoms with Crippen molar-refractivity contribution in [2.45, 2.75) is 79.2 Å². The lowest BCUT2D eigenvalue weighted by Gasteiger charge is -2.39. The zero-order valence-corrected chi connectivity index (χ0v) is 17.2. The van der Waals surface area contributed by atoms with Crippen LogP contribution in [0.15, 0.2) is 0 Å². The van der Waals surface area contributed by atoms with E-state index in [1.165, 1.54) is 77.8 Å². The molecular formula is C21H43N3. The minimum absolute atomic E-state index is 0.447. The lowest BCUT2D eigenvalue weighted by molar-refractivity contribution is 0.132. The molecule has 142 valence electrons. The summed E-state index contributed by atoms with van der Waals surface area (Å²) in [5.41, 5.74) is 0.899. The average Bonchev–Trinajstić information content (AvgIpc) is 2.51. The van der Waals surface area contributed by atoms with Crippen LogP contribution in [0.3, 0.4) is 0 Å². The van der Waals surface area contributed by atoms with Crippen LogP contribution in [0.1, 0.15) is 73.1 Å². The van der Waals surface area contributed by atoms with Crippen LogP contribution in [0.5, 0.6) is 0 Å². The second kappa shape index (κ2) is 9.00. The molecule has 0 aromatic heterocycles. The number of piperidine rings is 1. The summed E-state index contributed by atoms with van der Waals surface area (Å²) in [5.74, 6) is 0. The first kappa shape index (κ1) is 20.2. The van der Waals surface area contributed by atoms with Gasteiger partial charge < -0.3 is 15.1 Å². The number of hydrogen-bond donors (Lipinski definition) is 1. The van der Waals surface area contributed by atoms with Crippen LogP contribution in [-0.2, 0) is 0 Å². The van der Waals surface area contributed by atoms with Crippen LogP contribution in [0.2, 0.25) is 0 Å². The van der Waals surface area contributed by atoms with Crippen molar-refractivity contribution in [3.63, 3.8) is 0 Å². The number of hydrogen-bond acceptors (Lipinski definition) is 3. The fourth-order valence-electron chi connectivity index (χ4n) is 4.14. The predicted molar refractivity (Wildman–Crippen MR) is 106 cm³/mol. The van der Waals surface area contributed by atoms with Crippen molar-refractivity contribution in [3.05, 3.63) is 0 Å². The van der Waals surface area contributed by atoms with E-state index in [0.29, 0.717) is 16.9 Å². The summed E-state index contributed by atoms with van der Waals surface area (Å²) in [6, 6.07) is 0.676. The topological polar surface area (TPSA) is 18.5 Å². The molecule has 3 heteroatoms.